The van der Waals surface area contributed by atoms with Crippen molar-refractivity contribution in [1.29, 1.82) is 0 Å². The zero-order valence-electron chi connectivity index (χ0n) is 17.1. The highest BCUT2D eigenvalue weighted by atomic mass is 35.5. The van der Waals surface area contributed by atoms with Gasteiger partial charge in [-0.25, -0.2) is 9.37 Å². The monoisotopic (exact) mass is 493 g/mol. The summed E-state index contributed by atoms with van der Waals surface area (Å²) in [5.41, 5.74) is 0.650. The number of pyridine rings is 1. The number of piperidine rings is 1. The van der Waals surface area contributed by atoms with Crippen molar-refractivity contribution in [2.24, 2.45) is 18.9 Å². The van der Waals surface area contributed by atoms with E-state index in [-0.39, 0.29) is 40.6 Å². The zero-order chi connectivity index (χ0) is 22.7. The Morgan fingerprint density at radius 2 is 2.00 bits per heavy atom. The molecule has 3 atom stereocenters. The summed E-state index contributed by atoms with van der Waals surface area (Å²) in [5, 5.41) is 0. The van der Waals surface area contributed by atoms with E-state index in [9.17, 15) is 14.0 Å². The quantitative estimate of drug-likeness (QED) is 0.555. The number of amides is 1. The molecule has 1 saturated carbocycles. The van der Waals surface area contributed by atoms with Gasteiger partial charge in [-0.05, 0) is 12.1 Å². The van der Waals surface area contributed by atoms with E-state index in [2.05, 4.69) is 9.97 Å². The lowest BCUT2D eigenvalue weighted by atomic mass is 10.2. The first kappa shape index (κ1) is 21.4. The second kappa shape index (κ2) is 7.83. The molecular formula is C21H18Cl2FN5O2S. The molecule has 3 aromatic rings. The summed E-state index contributed by atoms with van der Waals surface area (Å²) in [6.45, 7) is 1.18. The minimum absolute atomic E-state index is 0.118. The minimum atomic E-state index is -0.536. The largest absolute Gasteiger partial charge is 0.342 e. The van der Waals surface area contributed by atoms with Gasteiger partial charge in [0.25, 0.3) is 11.5 Å². The molecule has 2 aliphatic rings. The van der Waals surface area contributed by atoms with Gasteiger partial charge in [0.2, 0.25) is 5.95 Å². The normalized spacial score (nSPS) is 21.5. The Kier molecular flexibility index (Phi) is 5.22. The van der Waals surface area contributed by atoms with Crippen LogP contribution < -0.4 is 10.5 Å². The number of carbonyl (C=O) groups excluding carboxylic acids is 1. The smallest absolute Gasteiger partial charge is 0.256 e. The average molecular weight is 494 g/mol. The van der Waals surface area contributed by atoms with Crippen LogP contribution in [0.5, 0.6) is 0 Å². The Hall–Kier alpha value is -2.49. The number of hydrogen-bond donors (Lipinski definition) is 0. The third kappa shape index (κ3) is 3.48. The molecule has 0 spiro atoms. The first-order valence-corrected chi connectivity index (χ1v) is 11.5. The van der Waals surface area contributed by atoms with Crippen molar-refractivity contribution in [3.63, 3.8) is 0 Å². The SMILES string of the molecule is CN(c1nc(-c2ccncc2F)cc(=O)n1C)C1[C@H]2CN(C(=O)c3cc(Cl)sc3Cl)C[C@@H]12. The summed E-state index contributed by atoms with van der Waals surface area (Å²) in [7, 11) is 3.52. The summed E-state index contributed by atoms with van der Waals surface area (Å²) in [6.07, 6.45) is 2.56. The maximum Gasteiger partial charge on any atom is 0.256 e. The molecule has 3 aromatic heterocycles. The lowest BCUT2D eigenvalue weighted by Gasteiger charge is -2.26. The Bertz CT molecular complexity index is 1280. The predicted molar refractivity (Wildman–Crippen MR) is 122 cm³/mol. The van der Waals surface area contributed by atoms with Gasteiger partial charge in [0, 0.05) is 62.9 Å². The second-order valence-corrected chi connectivity index (χ2v) is 10.4. The topological polar surface area (TPSA) is 71.3 Å². The third-order valence-corrected chi connectivity index (χ3v) is 7.73. The molecule has 32 heavy (non-hydrogen) atoms. The predicted octanol–water partition coefficient (Wildman–Crippen LogP) is 3.56. The molecule has 0 N–H and O–H groups in total. The van der Waals surface area contributed by atoms with Crippen LogP contribution in [0.4, 0.5) is 10.3 Å². The highest BCUT2D eigenvalue weighted by Gasteiger charge is 2.59. The molecule has 1 saturated heterocycles. The minimum Gasteiger partial charge on any atom is -0.342 e. The fourth-order valence-electron chi connectivity index (χ4n) is 4.59. The van der Waals surface area contributed by atoms with Crippen molar-refractivity contribution >= 4 is 46.4 Å². The summed E-state index contributed by atoms with van der Waals surface area (Å²) in [4.78, 5) is 37.4. The number of likely N-dealkylation sites (tertiary alicyclic amines) is 1. The van der Waals surface area contributed by atoms with Crippen LogP contribution in [0.15, 0.2) is 35.4 Å². The van der Waals surface area contributed by atoms with Gasteiger partial charge >= 0.3 is 0 Å². The molecule has 11 heteroatoms. The molecule has 4 heterocycles. The number of hydrogen-bond acceptors (Lipinski definition) is 6. The summed E-state index contributed by atoms with van der Waals surface area (Å²) in [5.74, 6) is 0.317. The molecule has 166 valence electrons. The first-order chi connectivity index (χ1) is 15.3. The van der Waals surface area contributed by atoms with Crippen LogP contribution in [-0.4, -0.2) is 51.5 Å². The molecule has 1 unspecified atom stereocenters. The van der Waals surface area contributed by atoms with Gasteiger partial charge in [-0.15, -0.1) is 11.3 Å². The van der Waals surface area contributed by atoms with Crippen LogP contribution in [0.1, 0.15) is 10.4 Å². The van der Waals surface area contributed by atoms with E-state index in [1.54, 1.807) is 18.0 Å². The lowest BCUT2D eigenvalue weighted by molar-refractivity contribution is 0.0773. The maximum absolute atomic E-state index is 14.2. The first-order valence-electron chi connectivity index (χ1n) is 9.91. The van der Waals surface area contributed by atoms with Crippen molar-refractivity contribution in [2.45, 2.75) is 6.04 Å². The molecular weight excluding hydrogens is 476 g/mol. The number of fused-ring (bicyclic) bond motifs is 1. The van der Waals surface area contributed by atoms with Crippen LogP contribution >= 0.6 is 34.5 Å². The molecule has 1 aliphatic carbocycles. The number of halogens is 3. The number of thiophene rings is 1. The lowest BCUT2D eigenvalue weighted by Crippen LogP contribution is -2.38. The van der Waals surface area contributed by atoms with Crippen molar-refractivity contribution in [3.8, 4) is 11.3 Å². The standard InChI is InChI=1S/C21H18Cl2FN5O2S/c1-27-17(30)6-15(10-3-4-25-7-14(10)24)26-21(27)28(2)18-12-8-29(9-13(12)18)20(31)11-5-16(22)32-19(11)23/h3-7,12-13,18H,8-9H2,1-2H3/t12-,13+,18?. The molecule has 1 amide bonds. The molecule has 2 fully saturated rings. The fraction of sp³-hybridized carbons (Fsp3) is 0.333. The average Bonchev–Trinajstić information content (AvgIpc) is 3.06. The summed E-state index contributed by atoms with van der Waals surface area (Å²) in [6, 6.07) is 4.56. The van der Waals surface area contributed by atoms with Gasteiger partial charge in [-0.1, -0.05) is 23.2 Å². The van der Waals surface area contributed by atoms with Gasteiger partial charge in [0.05, 0.1) is 21.8 Å². The molecule has 5 rings (SSSR count). The van der Waals surface area contributed by atoms with E-state index in [1.165, 1.54) is 34.2 Å². The van der Waals surface area contributed by atoms with Gasteiger partial charge in [0.15, 0.2) is 5.82 Å². The van der Waals surface area contributed by atoms with Crippen LogP contribution in [-0.2, 0) is 7.05 Å². The van der Waals surface area contributed by atoms with E-state index in [4.69, 9.17) is 23.2 Å². The Balaban J connectivity index is 1.35. The molecule has 0 aromatic carbocycles. The number of nitrogens with zero attached hydrogens (tertiary/aromatic N) is 5. The van der Waals surface area contributed by atoms with Gasteiger partial charge in [-0.3, -0.25) is 19.1 Å². The van der Waals surface area contributed by atoms with Crippen LogP contribution in [0.25, 0.3) is 11.3 Å². The van der Waals surface area contributed by atoms with Gasteiger partial charge in [0.1, 0.15) is 4.34 Å². The highest BCUT2D eigenvalue weighted by Crippen LogP contribution is 2.50. The van der Waals surface area contributed by atoms with Crippen molar-refractivity contribution in [2.75, 3.05) is 25.0 Å². The number of rotatable bonds is 4. The van der Waals surface area contributed by atoms with E-state index in [0.717, 1.165) is 6.20 Å². The maximum atomic E-state index is 14.2. The van der Waals surface area contributed by atoms with E-state index >= 15 is 0 Å². The van der Waals surface area contributed by atoms with E-state index in [1.807, 2.05) is 11.9 Å². The number of anilines is 1. The van der Waals surface area contributed by atoms with Crippen LogP contribution in [0.2, 0.25) is 8.67 Å². The van der Waals surface area contributed by atoms with E-state index < -0.39 is 5.82 Å². The van der Waals surface area contributed by atoms with Crippen molar-refractivity contribution in [3.05, 3.63) is 61.0 Å². The second-order valence-electron chi connectivity index (χ2n) is 8.07. The Morgan fingerprint density at radius 3 is 2.62 bits per heavy atom. The molecule has 0 radical (unpaired) electrons. The Morgan fingerprint density at radius 1 is 1.28 bits per heavy atom. The van der Waals surface area contributed by atoms with Crippen LogP contribution in [0.3, 0.4) is 0 Å². The fourth-order valence-corrected chi connectivity index (χ4v) is 6.04. The zero-order valence-corrected chi connectivity index (χ0v) is 19.5. The highest BCUT2D eigenvalue weighted by molar-refractivity contribution is 7.20. The van der Waals surface area contributed by atoms with Crippen molar-refractivity contribution < 1.29 is 9.18 Å². The molecule has 7 nitrogen and oxygen atoms in total. The molecule has 1 aliphatic heterocycles. The number of aromatic nitrogens is 3. The van der Waals surface area contributed by atoms with Gasteiger partial charge < -0.3 is 9.80 Å². The van der Waals surface area contributed by atoms with Crippen LogP contribution in [0, 0.1) is 17.7 Å². The summed E-state index contributed by atoms with van der Waals surface area (Å²) < 4.78 is 16.5. The molecule has 0 bridgehead atoms. The Labute approximate surface area is 197 Å². The number of carbonyl (C=O) groups is 1. The summed E-state index contributed by atoms with van der Waals surface area (Å²) >= 11 is 13.3. The third-order valence-electron chi connectivity index (χ3n) is 6.25. The van der Waals surface area contributed by atoms with Crippen molar-refractivity contribution in [1.82, 2.24) is 19.4 Å². The van der Waals surface area contributed by atoms with Gasteiger partial charge in [-0.2, -0.15) is 0 Å². The van der Waals surface area contributed by atoms with E-state index in [0.29, 0.717) is 33.3 Å².